The minimum atomic E-state index is -1.02. The smallest absolute Gasteiger partial charge is 0.260 e. The molecule has 102 valence electrons. The Labute approximate surface area is 112 Å². The van der Waals surface area contributed by atoms with E-state index in [0.717, 1.165) is 0 Å². The van der Waals surface area contributed by atoms with Crippen molar-refractivity contribution < 1.29 is 4.79 Å². The lowest BCUT2D eigenvalue weighted by atomic mass is 9.96. The van der Waals surface area contributed by atoms with Crippen LogP contribution in [0.1, 0.15) is 39.1 Å². The molecule has 0 fully saturated rings. The molecule has 1 aliphatic heterocycles. The molecule has 1 unspecified atom stereocenters. The van der Waals surface area contributed by atoms with Gasteiger partial charge in [0.2, 0.25) is 0 Å². The number of rotatable bonds is 1. The topological polar surface area (TPSA) is 79.3 Å². The predicted molar refractivity (Wildman–Crippen MR) is 72.6 cm³/mol. The number of carbonyl (C=O) groups excluding carboxylic acids is 1. The summed E-state index contributed by atoms with van der Waals surface area (Å²) in [6.45, 7) is 9.59. The molecule has 2 heterocycles. The Kier molecular flexibility index (Phi) is 3.04. The van der Waals surface area contributed by atoms with E-state index in [1.54, 1.807) is 19.3 Å². The lowest BCUT2D eigenvalue weighted by molar-refractivity contribution is -0.123. The maximum absolute atomic E-state index is 12.2. The Balaban J connectivity index is 2.39. The lowest BCUT2D eigenvalue weighted by Gasteiger charge is -2.21. The first kappa shape index (κ1) is 13.5. The van der Waals surface area contributed by atoms with Gasteiger partial charge in [-0.1, -0.05) is 0 Å². The van der Waals surface area contributed by atoms with Crippen LogP contribution in [0.25, 0.3) is 0 Å². The molecule has 0 saturated carbocycles. The second-order valence-corrected chi connectivity index (χ2v) is 5.85. The van der Waals surface area contributed by atoms with E-state index in [1.165, 1.54) is 0 Å². The number of hydrogen-bond donors (Lipinski definition) is 2. The van der Waals surface area contributed by atoms with Crippen molar-refractivity contribution in [1.82, 2.24) is 20.6 Å². The van der Waals surface area contributed by atoms with E-state index in [0.29, 0.717) is 17.3 Å². The van der Waals surface area contributed by atoms with Crippen LogP contribution in [0, 0.1) is 6.92 Å². The molecule has 1 atom stereocenters. The minimum Gasteiger partial charge on any atom is -0.351 e. The molecule has 6 heteroatoms. The van der Waals surface area contributed by atoms with Gasteiger partial charge in [-0.2, -0.15) is 0 Å². The first-order valence-electron chi connectivity index (χ1n) is 6.20. The number of nitrogens with one attached hydrogen (secondary N) is 2. The molecule has 0 aliphatic carbocycles. The number of nitrogens with zero attached hydrogens (tertiary/aromatic N) is 3. The normalized spacial score (nSPS) is 23.0. The summed E-state index contributed by atoms with van der Waals surface area (Å²) >= 11 is 0. The van der Waals surface area contributed by atoms with Crippen LogP contribution >= 0.6 is 0 Å². The van der Waals surface area contributed by atoms with Crippen LogP contribution in [0.4, 0.5) is 0 Å². The van der Waals surface area contributed by atoms with Gasteiger partial charge in [-0.05, 0) is 34.6 Å². The van der Waals surface area contributed by atoms with Crippen LogP contribution in [-0.4, -0.2) is 27.4 Å². The van der Waals surface area contributed by atoms with Crippen LogP contribution in [0.15, 0.2) is 17.4 Å². The summed E-state index contributed by atoms with van der Waals surface area (Å²) in [6, 6.07) is 0. The number of guanidine groups is 1. The van der Waals surface area contributed by atoms with E-state index < -0.39 is 5.54 Å². The van der Waals surface area contributed by atoms with E-state index in [9.17, 15) is 4.79 Å². The highest BCUT2D eigenvalue weighted by Crippen LogP contribution is 2.28. The zero-order valence-electron chi connectivity index (χ0n) is 11.9. The largest absolute Gasteiger partial charge is 0.351 e. The molecular weight excluding hydrogens is 242 g/mol. The summed E-state index contributed by atoms with van der Waals surface area (Å²) in [5.74, 6) is 0.285. The maximum Gasteiger partial charge on any atom is 0.260 e. The molecule has 2 N–H and O–H groups in total. The predicted octanol–water partition coefficient (Wildman–Crippen LogP) is 0.874. The molecule has 19 heavy (non-hydrogen) atoms. The number of aromatic nitrogens is 2. The molecule has 0 bridgehead atoms. The molecule has 0 spiro atoms. The van der Waals surface area contributed by atoms with Crippen molar-refractivity contribution in [3.8, 4) is 0 Å². The molecule has 1 aliphatic rings. The van der Waals surface area contributed by atoms with Gasteiger partial charge in [0.15, 0.2) is 11.5 Å². The summed E-state index contributed by atoms with van der Waals surface area (Å²) in [5.41, 5.74) is 0.0971. The third-order valence-corrected chi connectivity index (χ3v) is 2.85. The van der Waals surface area contributed by atoms with Gasteiger partial charge in [-0.25, -0.2) is 4.99 Å². The minimum absolute atomic E-state index is 0.172. The number of aryl methyl sites for hydroxylation is 1. The van der Waals surface area contributed by atoms with E-state index in [4.69, 9.17) is 0 Å². The zero-order chi connectivity index (χ0) is 14.3. The SMILES string of the molecule is Cc1nccnc1C1(C)N=C(NC(C)(C)C)NC1=O. The Morgan fingerprint density at radius 2 is 1.89 bits per heavy atom. The van der Waals surface area contributed by atoms with E-state index in [1.807, 2.05) is 27.7 Å². The fourth-order valence-corrected chi connectivity index (χ4v) is 1.99. The van der Waals surface area contributed by atoms with Gasteiger partial charge >= 0.3 is 0 Å². The van der Waals surface area contributed by atoms with Crippen molar-refractivity contribution in [2.45, 2.75) is 45.7 Å². The van der Waals surface area contributed by atoms with Crippen molar-refractivity contribution in [3.05, 3.63) is 23.8 Å². The van der Waals surface area contributed by atoms with Gasteiger partial charge in [0.25, 0.3) is 5.91 Å². The fourth-order valence-electron chi connectivity index (χ4n) is 1.99. The van der Waals surface area contributed by atoms with Gasteiger partial charge in [-0.3, -0.25) is 20.1 Å². The van der Waals surface area contributed by atoms with Crippen LogP contribution in [0.2, 0.25) is 0 Å². The molecule has 2 rings (SSSR count). The Bertz CT molecular complexity index is 546. The molecule has 1 aromatic heterocycles. The summed E-state index contributed by atoms with van der Waals surface area (Å²) in [6.07, 6.45) is 3.18. The number of hydrogen-bond acceptors (Lipinski definition) is 5. The third kappa shape index (κ3) is 2.57. The molecule has 1 aromatic rings. The summed E-state index contributed by atoms with van der Waals surface area (Å²) < 4.78 is 0. The Hall–Kier alpha value is -1.98. The monoisotopic (exact) mass is 261 g/mol. The van der Waals surface area contributed by atoms with Crippen molar-refractivity contribution in [2.24, 2.45) is 4.99 Å². The van der Waals surface area contributed by atoms with Gasteiger partial charge < -0.3 is 5.32 Å². The maximum atomic E-state index is 12.2. The number of amides is 1. The van der Waals surface area contributed by atoms with Crippen LogP contribution < -0.4 is 10.6 Å². The van der Waals surface area contributed by atoms with Crippen molar-refractivity contribution >= 4 is 11.9 Å². The van der Waals surface area contributed by atoms with E-state index >= 15 is 0 Å². The standard InChI is InChI=1S/C13H19N5O/c1-8-9(15-7-6-14-8)13(5)10(19)16-11(18-13)17-12(2,3)4/h6-7H,1-5H3,(H2,16,17,18,19). The van der Waals surface area contributed by atoms with E-state index in [-0.39, 0.29) is 11.4 Å². The molecule has 0 aromatic carbocycles. The third-order valence-electron chi connectivity index (χ3n) is 2.85. The highest BCUT2D eigenvalue weighted by Gasteiger charge is 2.44. The zero-order valence-corrected chi connectivity index (χ0v) is 11.9. The Morgan fingerprint density at radius 3 is 2.47 bits per heavy atom. The fraction of sp³-hybridized carbons (Fsp3) is 0.538. The van der Waals surface area contributed by atoms with Crippen molar-refractivity contribution in [2.75, 3.05) is 0 Å². The molecule has 0 saturated heterocycles. The average molecular weight is 261 g/mol. The lowest BCUT2D eigenvalue weighted by Crippen LogP contribution is -2.47. The van der Waals surface area contributed by atoms with Gasteiger partial charge in [0.05, 0.1) is 11.4 Å². The summed E-state index contributed by atoms with van der Waals surface area (Å²) in [7, 11) is 0. The second kappa shape index (κ2) is 4.29. The summed E-state index contributed by atoms with van der Waals surface area (Å²) in [4.78, 5) is 25.1. The van der Waals surface area contributed by atoms with Gasteiger partial charge in [0.1, 0.15) is 0 Å². The first-order chi connectivity index (χ1) is 8.72. The average Bonchev–Trinajstić information content (AvgIpc) is 2.52. The molecule has 1 amide bonds. The second-order valence-electron chi connectivity index (χ2n) is 5.85. The van der Waals surface area contributed by atoms with Crippen molar-refractivity contribution in [3.63, 3.8) is 0 Å². The highest BCUT2D eigenvalue weighted by atomic mass is 16.2. The first-order valence-corrected chi connectivity index (χ1v) is 6.20. The molecule has 0 radical (unpaired) electrons. The number of carbonyl (C=O) groups is 1. The van der Waals surface area contributed by atoms with Gasteiger partial charge in [0, 0.05) is 17.9 Å². The van der Waals surface area contributed by atoms with Gasteiger partial charge in [-0.15, -0.1) is 0 Å². The Morgan fingerprint density at radius 1 is 1.26 bits per heavy atom. The quantitative estimate of drug-likeness (QED) is 0.786. The summed E-state index contributed by atoms with van der Waals surface area (Å²) in [5, 5.41) is 5.92. The van der Waals surface area contributed by atoms with Crippen molar-refractivity contribution in [1.29, 1.82) is 0 Å². The molecular formula is C13H19N5O. The van der Waals surface area contributed by atoms with Crippen LogP contribution in [0.3, 0.4) is 0 Å². The van der Waals surface area contributed by atoms with E-state index in [2.05, 4.69) is 25.6 Å². The highest BCUT2D eigenvalue weighted by molar-refractivity contribution is 6.07. The van der Waals surface area contributed by atoms with Crippen LogP contribution in [-0.2, 0) is 10.3 Å². The van der Waals surface area contributed by atoms with Crippen LogP contribution in [0.5, 0.6) is 0 Å². The molecule has 6 nitrogen and oxygen atoms in total. The number of aliphatic imine (C=N–C) groups is 1.